The number of halogens is 1. The largest absolute Gasteiger partial charge is 0.385 e. The Kier molecular flexibility index (Phi) is 5.15. The molecule has 1 rings (SSSR count). The van der Waals surface area contributed by atoms with Crippen molar-refractivity contribution < 1.29 is 4.74 Å². The summed E-state index contributed by atoms with van der Waals surface area (Å²) in [4.78, 5) is 0. The molecule has 0 heterocycles. The van der Waals surface area contributed by atoms with Gasteiger partial charge in [-0.15, -0.1) is 0 Å². The third-order valence-electron chi connectivity index (χ3n) is 1.68. The van der Waals surface area contributed by atoms with E-state index in [2.05, 4.69) is 52.2 Å². The van der Waals surface area contributed by atoms with Gasteiger partial charge in [-0.25, -0.2) is 0 Å². The highest BCUT2D eigenvalue weighted by atomic mass is 127. The van der Waals surface area contributed by atoms with Gasteiger partial charge < -0.3 is 10.1 Å². The summed E-state index contributed by atoms with van der Waals surface area (Å²) in [6.07, 6.45) is 1.04. The molecular formula is C10H14INO. The van der Waals surface area contributed by atoms with Gasteiger partial charge in [-0.3, -0.25) is 0 Å². The summed E-state index contributed by atoms with van der Waals surface area (Å²) < 4.78 is 6.22. The average Bonchev–Trinajstić information content (AvgIpc) is 2.13. The molecule has 0 aliphatic carbocycles. The monoisotopic (exact) mass is 291 g/mol. The molecule has 0 aliphatic heterocycles. The molecular weight excluding hydrogens is 277 g/mol. The molecule has 0 amide bonds. The molecule has 1 aromatic rings. The molecule has 0 spiro atoms. The lowest BCUT2D eigenvalue weighted by atomic mass is 10.3. The average molecular weight is 291 g/mol. The summed E-state index contributed by atoms with van der Waals surface area (Å²) >= 11 is 2.31. The molecule has 0 fully saturated rings. The highest BCUT2D eigenvalue weighted by molar-refractivity contribution is 14.1. The molecule has 1 aromatic carbocycles. The van der Waals surface area contributed by atoms with Gasteiger partial charge in [0, 0.05) is 29.5 Å². The smallest absolute Gasteiger partial charge is 0.0479 e. The predicted molar refractivity (Wildman–Crippen MR) is 64.1 cm³/mol. The molecule has 0 unspecified atom stereocenters. The van der Waals surface area contributed by atoms with Gasteiger partial charge in [0.2, 0.25) is 0 Å². The van der Waals surface area contributed by atoms with Gasteiger partial charge in [0.15, 0.2) is 0 Å². The first-order valence-electron chi connectivity index (χ1n) is 4.31. The van der Waals surface area contributed by atoms with Crippen molar-refractivity contribution in [3.63, 3.8) is 0 Å². The minimum atomic E-state index is 0.816. The van der Waals surface area contributed by atoms with E-state index in [-0.39, 0.29) is 0 Å². The first-order chi connectivity index (χ1) is 6.33. The van der Waals surface area contributed by atoms with E-state index in [4.69, 9.17) is 4.74 Å². The van der Waals surface area contributed by atoms with E-state index >= 15 is 0 Å². The van der Waals surface area contributed by atoms with Crippen LogP contribution in [0, 0.1) is 3.57 Å². The highest BCUT2D eigenvalue weighted by Crippen LogP contribution is 2.11. The lowest BCUT2D eigenvalue weighted by molar-refractivity contribution is 0.198. The van der Waals surface area contributed by atoms with Crippen LogP contribution < -0.4 is 5.32 Å². The van der Waals surface area contributed by atoms with Crippen molar-refractivity contribution in [1.29, 1.82) is 0 Å². The number of rotatable bonds is 5. The topological polar surface area (TPSA) is 21.3 Å². The third-order valence-corrected chi connectivity index (χ3v) is 2.35. The van der Waals surface area contributed by atoms with Crippen molar-refractivity contribution in [1.82, 2.24) is 0 Å². The number of hydrogen-bond donors (Lipinski definition) is 1. The number of anilines is 1. The molecule has 0 atom stereocenters. The minimum absolute atomic E-state index is 0.816. The van der Waals surface area contributed by atoms with Crippen LogP contribution in [-0.4, -0.2) is 20.3 Å². The fourth-order valence-electron chi connectivity index (χ4n) is 1.05. The summed E-state index contributed by atoms with van der Waals surface area (Å²) in [7, 11) is 1.73. The zero-order chi connectivity index (χ0) is 9.52. The summed E-state index contributed by atoms with van der Waals surface area (Å²) in [6, 6.07) is 8.35. The van der Waals surface area contributed by atoms with Crippen molar-refractivity contribution in [2.24, 2.45) is 0 Å². The van der Waals surface area contributed by atoms with E-state index in [1.165, 1.54) is 9.26 Å². The number of methoxy groups -OCH3 is 1. The molecule has 0 radical (unpaired) electrons. The van der Waals surface area contributed by atoms with Gasteiger partial charge in [-0.1, -0.05) is 6.07 Å². The minimum Gasteiger partial charge on any atom is -0.385 e. The van der Waals surface area contributed by atoms with Crippen LogP contribution in [-0.2, 0) is 4.74 Å². The van der Waals surface area contributed by atoms with Crippen molar-refractivity contribution >= 4 is 28.3 Å². The molecule has 72 valence electrons. The maximum Gasteiger partial charge on any atom is 0.0479 e. The molecule has 0 saturated heterocycles. The van der Waals surface area contributed by atoms with Gasteiger partial charge in [0.05, 0.1) is 0 Å². The Labute approximate surface area is 92.8 Å². The second-order valence-electron chi connectivity index (χ2n) is 2.78. The quantitative estimate of drug-likeness (QED) is 0.665. The van der Waals surface area contributed by atoms with Gasteiger partial charge in [0.25, 0.3) is 0 Å². The van der Waals surface area contributed by atoms with Gasteiger partial charge in [-0.2, -0.15) is 0 Å². The Morgan fingerprint density at radius 2 is 2.31 bits per heavy atom. The van der Waals surface area contributed by atoms with Crippen molar-refractivity contribution in [2.75, 3.05) is 25.6 Å². The number of hydrogen-bond acceptors (Lipinski definition) is 2. The fourth-order valence-corrected chi connectivity index (χ4v) is 1.59. The lowest BCUT2D eigenvalue weighted by Gasteiger charge is -2.05. The Bertz CT molecular complexity index is 252. The fraction of sp³-hybridized carbons (Fsp3) is 0.400. The molecule has 3 heteroatoms. The van der Waals surface area contributed by atoms with E-state index in [1.807, 2.05) is 0 Å². The second-order valence-corrected chi connectivity index (χ2v) is 4.03. The summed E-state index contributed by atoms with van der Waals surface area (Å²) in [5.41, 5.74) is 1.18. The molecule has 13 heavy (non-hydrogen) atoms. The molecule has 0 aromatic heterocycles. The van der Waals surface area contributed by atoms with Crippen LogP contribution in [0.25, 0.3) is 0 Å². The molecule has 0 saturated carbocycles. The van der Waals surface area contributed by atoms with Crippen LogP contribution in [0.2, 0.25) is 0 Å². The molecule has 2 nitrogen and oxygen atoms in total. The van der Waals surface area contributed by atoms with Crippen LogP contribution in [0.4, 0.5) is 5.69 Å². The Morgan fingerprint density at radius 1 is 1.46 bits per heavy atom. The van der Waals surface area contributed by atoms with Crippen molar-refractivity contribution in [2.45, 2.75) is 6.42 Å². The maximum atomic E-state index is 4.96. The van der Waals surface area contributed by atoms with Crippen LogP contribution in [0.3, 0.4) is 0 Å². The van der Waals surface area contributed by atoms with E-state index in [0.29, 0.717) is 0 Å². The molecule has 0 bridgehead atoms. The zero-order valence-electron chi connectivity index (χ0n) is 7.72. The number of nitrogens with one attached hydrogen (secondary N) is 1. The van der Waals surface area contributed by atoms with Gasteiger partial charge in [0.1, 0.15) is 0 Å². The number of ether oxygens (including phenoxy) is 1. The summed E-state index contributed by atoms with van der Waals surface area (Å²) in [6.45, 7) is 1.78. The van der Waals surface area contributed by atoms with E-state index in [9.17, 15) is 0 Å². The van der Waals surface area contributed by atoms with Crippen LogP contribution in [0.5, 0.6) is 0 Å². The maximum absolute atomic E-state index is 4.96. The molecule has 1 N–H and O–H groups in total. The normalized spacial score (nSPS) is 10.0. The van der Waals surface area contributed by atoms with E-state index < -0.39 is 0 Å². The Morgan fingerprint density at radius 3 is 3.00 bits per heavy atom. The second kappa shape index (κ2) is 6.21. The lowest BCUT2D eigenvalue weighted by Crippen LogP contribution is -2.04. The van der Waals surface area contributed by atoms with E-state index in [0.717, 1.165) is 19.6 Å². The first kappa shape index (κ1) is 10.8. The Balaban J connectivity index is 2.28. The standard InChI is InChI=1S/C10H14INO/c1-13-7-3-6-12-10-5-2-4-9(11)8-10/h2,4-5,8,12H,3,6-7H2,1H3. The van der Waals surface area contributed by atoms with Crippen LogP contribution >= 0.6 is 22.6 Å². The van der Waals surface area contributed by atoms with Crippen molar-refractivity contribution in [3.8, 4) is 0 Å². The zero-order valence-corrected chi connectivity index (χ0v) is 9.87. The van der Waals surface area contributed by atoms with Crippen molar-refractivity contribution in [3.05, 3.63) is 27.8 Å². The van der Waals surface area contributed by atoms with E-state index in [1.54, 1.807) is 7.11 Å². The molecule has 0 aliphatic rings. The third kappa shape index (κ3) is 4.47. The SMILES string of the molecule is COCCCNc1cccc(I)c1. The summed E-state index contributed by atoms with van der Waals surface area (Å²) in [5, 5.41) is 3.34. The van der Waals surface area contributed by atoms with Crippen LogP contribution in [0.1, 0.15) is 6.42 Å². The first-order valence-corrected chi connectivity index (χ1v) is 5.39. The van der Waals surface area contributed by atoms with Crippen LogP contribution in [0.15, 0.2) is 24.3 Å². The Hall–Kier alpha value is -0.290. The van der Waals surface area contributed by atoms with Gasteiger partial charge in [-0.05, 0) is 47.2 Å². The highest BCUT2D eigenvalue weighted by Gasteiger charge is 1.91. The van der Waals surface area contributed by atoms with Gasteiger partial charge >= 0.3 is 0 Å². The summed E-state index contributed by atoms with van der Waals surface area (Å²) in [5.74, 6) is 0. The number of benzene rings is 1. The predicted octanol–water partition coefficient (Wildman–Crippen LogP) is 2.74.